The Bertz CT molecular complexity index is 115. The zero-order valence-corrected chi connectivity index (χ0v) is 10.1. The van der Waals surface area contributed by atoms with E-state index in [1.54, 1.807) is 5.92 Å². The molecule has 0 N–H and O–H groups in total. The maximum absolute atomic E-state index is 2.31. The van der Waals surface area contributed by atoms with Crippen LogP contribution in [-0.2, 0) is 0 Å². The van der Waals surface area contributed by atoms with Crippen molar-refractivity contribution >= 4 is 0 Å². The summed E-state index contributed by atoms with van der Waals surface area (Å²) >= 11 is 0. The summed E-state index contributed by atoms with van der Waals surface area (Å²) in [4.78, 5) is 0. The standard InChI is InChI=1S/C12H25/c1-9(2)10(11(3,4)5)12(6,7)8/h9H,1-8H3. The smallest absolute Gasteiger partial charge is 0.0108 e. The molecule has 0 fully saturated rings. The molecule has 0 rings (SSSR count). The summed E-state index contributed by atoms with van der Waals surface area (Å²) < 4.78 is 0. The summed E-state index contributed by atoms with van der Waals surface area (Å²) in [5.41, 5.74) is 0.679. The van der Waals surface area contributed by atoms with Crippen LogP contribution in [0.15, 0.2) is 0 Å². The summed E-state index contributed by atoms with van der Waals surface area (Å²) in [5.74, 6) is 2.35. The molecule has 0 saturated carbocycles. The Kier molecular flexibility index (Phi) is 3.40. The normalized spacial score (nSPS) is 14.5. The van der Waals surface area contributed by atoms with Gasteiger partial charge in [-0.3, -0.25) is 0 Å². The number of hydrogen-bond acceptors (Lipinski definition) is 0. The highest BCUT2D eigenvalue weighted by Gasteiger charge is 2.37. The average molecular weight is 169 g/mol. The van der Waals surface area contributed by atoms with Gasteiger partial charge in [0.05, 0.1) is 0 Å². The third-order valence-corrected chi connectivity index (χ3v) is 2.19. The van der Waals surface area contributed by atoms with Crippen LogP contribution in [0.3, 0.4) is 0 Å². The van der Waals surface area contributed by atoms with Gasteiger partial charge in [-0.2, -0.15) is 0 Å². The molecule has 0 spiro atoms. The largest absolute Gasteiger partial charge is 0.0622 e. The second-order valence-electron chi connectivity index (χ2n) is 6.07. The zero-order valence-electron chi connectivity index (χ0n) is 10.1. The van der Waals surface area contributed by atoms with Gasteiger partial charge in [0, 0.05) is 0 Å². The first-order valence-corrected chi connectivity index (χ1v) is 4.94. The first-order chi connectivity index (χ1) is 5.07. The maximum atomic E-state index is 2.31. The molecule has 0 aliphatic rings. The molecule has 0 aliphatic heterocycles. The number of rotatable bonds is 1. The van der Waals surface area contributed by atoms with Crippen LogP contribution >= 0.6 is 0 Å². The second kappa shape index (κ2) is 3.40. The summed E-state index contributed by atoms with van der Waals surface area (Å²) in [6, 6.07) is 0. The molecule has 1 radical (unpaired) electrons. The zero-order chi connectivity index (χ0) is 10.2. The molecule has 0 heterocycles. The predicted molar refractivity (Wildman–Crippen MR) is 57.0 cm³/mol. The minimum Gasteiger partial charge on any atom is -0.0622 e. The SMILES string of the molecule is CC(C)[C](C(C)(C)C)C(C)(C)C. The molecule has 0 nitrogen and oxygen atoms in total. The molecule has 0 heteroatoms. The molecule has 0 aromatic heterocycles. The van der Waals surface area contributed by atoms with Crippen molar-refractivity contribution in [3.63, 3.8) is 0 Å². The van der Waals surface area contributed by atoms with E-state index in [4.69, 9.17) is 0 Å². The van der Waals surface area contributed by atoms with Gasteiger partial charge in [0.2, 0.25) is 0 Å². The first-order valence-electron chi connectivity index (χ1n) is 4.94. The first kappa shape index (κ1) is 12.0. The van der Waals surface area contributed by atoms with Gasteiger partial charge < -0.3 is 0 Å². The maximum Gasteiger partial charge on any atom is -0.0108 e. The van der Waals surface area contributed by atoms with Crippen LogP contribution in [-0.4, -0.2) is 0 Å². The van der Waals surface area contributed by atoms with Crippen LogP contribution in [0.25, 0.3) is 0 Å². The fourth-order valence-electron chi connectivity index (χ4n) is 2.86. The number of hydrogen-bond donors (Lipinski definition) is 0. The summed E-state index contributed by atoms with van der Waals surface area (Å²) in [5, 5.41) is 0. The van der Waals surface area contributed by atoms with Crippen LogP contribution in [0.2, 0.25) is 0 Å². The van der Waals surface area contributed by atoms with E-state index in [-0.39, 0.29) is 0 Å². The molecule has 0 aromatic rings. The van der Waals surface area contributed by atoms with Crippen molar-refractivity contribution in [1.29, 1.82) is 0 Å². The Morgan fingerprint density at radius 3 is 1.00 bits per heavy atom. The minimum absolute atomic E-state index is 0.340. The Balaban J connectivity index is 4.70. The Labute approximate surface area is 78.8 Å². The average Bonchev–Trinajstić information content (AvgIpc) is 1.49. The summed E-state index contributed by atoms with van der Waals surface area (Å²) in [7, 11) is 0. The summed E-state index contributed by atoms with van der Waals surface area (Å²) in [6.45, 7) is 18.5. The van der Waals surface area contributed by atoms with Crippen molar-refractivity contribution in [2.24, 2.45) is 16.7 Å². The monoisotopic (exact) mass is 169 g/mol. The molecule has 0 bridgehead atoms. The van der Waals surface area contributed by atoms with Crippen molar-refractivity contribution in [2.75, 3.05) is 0 Å². The van der Waals surface area contributed by atoms with Gasteiger partial charge in [0.1, 0.15) is 0 Å². The van der Waals surface area contributed by atoms with Crippen molar-refractivity contribution < 1.29 is 0 Å². The lowest BCUT2D eigenvalue weighted by molar-refractivity contribution is 0.231. The fourth-order valence-corrected chi connectivity index (χ4v) is 2.86. The van der Waals surface area contributed by atoms with Crippen molar-refractivity contribution in [1.82, 2.24) is 0 Å². The molecule has 12 heavy (non-hydrogen) atoms. The molecule has 0 unspecified atom stereocenters. The highest BCUT2D eigenvalue weighted by molar-refractivity contribution is 5.10. The van der Waals surface area contributed by atoms with Crippen molar-refractivity contribution in [3.05, 3.63) is 5.92 Å². The third-order valence-electron chi connectivity index (χ3n) is 2.19. The van der Waals surface area contributed by atoms with Crippen LogP contribution in [0.1, 0.15) is 55.4 Å². The van der Waals surface area contributed by atoms with Gasteiger partial charge in [-0.05, 0) is 22.7 Å². The highest BCUT2D eigenvalue weighted by Crippen LogP contribution is 2.46. The van der Waals surface area contributed by atoms with E-state index in [0.717, 1.165) is 0 Å². The third kappa shape index (κ3) is 3.16. The van der Waals surface area contributed by atoms with E-state index in [9.17, 15) is 0 Å². The van der Waals surface area contributed by atoms with Gasteiger partial charge in [0.25, 0.3) is 0 Å². The Hall–Kier alpha value is 0. The van der Waals surface area contributed by atoms with Gasteiger partial charge in [-0.1, -0.05) is 55.4 Å². The van der Waals surface area contributed by atoms with Crippen LogP contribution in [0.4, 0.5) is 0 Å². The molecule has 0 saturated heterocycles. The van der Waals surface area contributed by atoms with Gasteiger partial charge in [-0.25, -0.2) is 0 Å². The Morgan fingerprint density at radius 1 is 0.750 bits per heavy atom. The molecule has 0 aromatic carbocycles. The van der Waals surface area contributed by atoms with Gasteiger partial charge >= 0.3 is 0 Å². The van der Waals surface area contributed by atoms with Crippen LogP contribution < -0.4 is 0 Å². The van der Waals surface area contributed by atoms with Crippen molar-refractivity contribution in [2.45, 2.75) is 55.4 Å². The quantitative estimate of drug-likeness (QED) is 0.548. The summed E-state index contributed by atoms with van der Waals surface area (Å²) in [6.07, 6.45) is 0. The van der Waals surface area contributed by atoms with E-state index in [1.807, 2.05) is 0 Å². The lowest BCUT2D eigenvalue weighted by Crippen LogP contribution is -2.34. The molecule has 0 amide bonds. The van der Waals surface area contributed by atoms with Crippen molar-refractivity contribution in [3.8, 4) is 0 Å². The predicted octanol–water partition coefficient (Wildman–Crippen LogP) is 4.31. The van der Waals surface area contributed by atoms with E-state index in [0.29, 0.717) is 16.7 Å². The van der Waals surface area contributed by atoms with Gasteiger partial charge in [0.15, 0.2) is 0 Å². The fraction of sp³-hybridized carbons (Fsp3) is 0.917. The van der Waals surface area contributed by atoms with Crippen LogP contribution in [0.5, 0.6) is 0 Å². The molecule has 0 aliphatic carbocycles. The van der Waals surface area contributed by atoms with E-state index < -0.39 is 0 Å². The lowest BCUT2D eigenvalue weighted by Gasteiger charge is -2.43. The molecular weight excluding hydrogens is 144 g/mol. The molecular formula is C12H25. The minimum atomic E-state index is 0.340. The van der Waals surface area contributed by atoms with Crippen LogP contribution in [0, 0.1) is 22.7 Å². The second-order valence-corrected chi connectivity index (χ2v) is 6.07. The molecule has 73 valence electrons. The van der Waals surface area contributed by atoms with E-state index in [2.05, 4.69) is 55.4 Å². The van der Waals surface area contributed by atoms with E-state index in [1.165, 1.54) is 0 Å². The molecule has 0 atom stereocenters. The van der Waals surface area contributed by atoms with Gasteiger partial charge in [-0.15, -0.1) is 0 Å². The topological polar surface area (TPSA) is 0 Å². The Morgan fingerprint density at radius 2 is 1.00 bits per heavy atom. The van der Waals surface area contributed by atoms with E-state index >= 15 is 0 Å². The lowest BCUT2D eigenvalue weighted by atomic mass is 9.62. The highest BCUT2D eigenvalue weighted by atomic mass is 14.4.